The van der Waals surface area contributed by atoms with Crippen molar-refractivity contribution in [2.75, 3.05) is 16.8 Å². The van der Waals surface area contributed by atoms with Crippen LogP contribution in [0.15, 0.2) is 84.0 Å². The molecular formula is C29H26FN5S. The molecule has 0 atom stereocenters. The molecule has 3 aliphatic rings. The number of nitrogens with zero attached hydrogens (tertiary/aromatic N) is 4. The number of aryl methyl sites for hydroxylation is 1. The van der Waals surface area contributed by atoms with Crippen molar-refractivity contribution in [3.05, 3.63) is 95.9 Å². The molecule has 1 fully saturated rings. The Hall–Kier alpha value is -3.71. The number of para-hydroxylation sites is 2. The van der Waals surface area contributed by atoms with E-state index in [2.05, 4.69) is 27.0 Å². The van der Waals surface area contributed by atoms with Gasteiger partial charge >= 0.3 is 0 Å². The van der Waals surface area contributed by atoms with Crippen molar-refractivity contribution in [1.29, 1.82) is 0 Å². The molecule has 5 nitrogen and oxygen atoms in total. The first-order chi connectivity index (χ1) is 17.6. The first-order valence-corrected chi connectivity index (χ1v) is 13.3. The fraction of sp³-hybridized carbons (Fsp3) is 0.207. The largest absolute Gasteiger partial charge is 0.352 e. The minimum Gasteiger partial charge on any atom is -0.352 e. The number of thioether (sulfide) groups is 1. The maximum atomic E-state index is 13.8. The number of hydrogen-bond donors (Lipinski definition) is 1. The fourth-order valence-electron chi connectivity index (χ4n) is 4.63. The Bertz CT molecular complexity index is 1550. The molecule has 0 bridgehead atoms. The lowest BCUT2D eigenvalue weighted by atomic mass is 10.1. The monoisotopic (exact) mass is 495 g/mol. The van der Waals surface area contributed by atoms with E-state index >= 15 is 0 Å². The van der Waals surface area contributed by atoms with E-state index in [0.29, 0.717) is 0 Å². The van der Waals surface area contributed by atoms with Crippen LogP contribution in [-0.2, 0) is 0 Å². The van der Waals surface area contributed by atoms with Crippen molar-refractivity contribution in [2.45, 2.75) is 25.8 Å². The SMILES string of the molecule is Cc1ccc(Nc2cc3nc4ccccc4n(-c4ccc(F)cc4)c-3cc2=NC2CCSCC2)cn1. The second-order valence-corrected chi connectivity index (χ2v) is 10.3. The average Bonchev–Trinajstić information content (AvgIpc) is 2.90. The maximum absolute atomic E-state index is 13.8. The Kier molecular flexibility index (Phi) is 6.15. The second kappa shape index (κ2) is 9.74. The van der Waals surface area contributed by atoms with Crippen LogP contribution >= 0.6 is 11.8 Å². The normalized spacial score (nSPS) is 15.0. The Labute approximate surface area is 213 Å². The summed E-state index contributed by atoms with van der Waals surface area (Å²) in [6.45, 7) is 1.98. The highest BCUT2D eigenvalue weighted by atomic mass is 32.2. The van der Waals surface area contributed by atoms with E-state index in [0.717, 1.165) is 74.9 Å². The second-order valence-electron chi connectivity index (χ2n) is 9.06. The predicted molar refractivity (Wildman–Crippen MR) is 146 cm³/mol. The van der Waals surface area contributed by atoms with Crippen molar-refractivity contribution in [3.8, 4) is 17.1 Å². The van der Waals surface area contributed by atoms with E-state index in [1.165, 1.54) is 12.1 Å². The van der Waals surface area contributed by atoms with Crippen LogP contribution in [-0.4, -0.2) is 32.1 Å². The lowest BCUT2D eigenvalue weighted by molar-refractivity contribution is 0.613. The molecular weight excluding hydrogens is 469 g/mol. The molecule has 36 heavy (non-hydrogen) atoms. The highest BCUT2D eigenvalue weighted by Gasteiger charge is 2.18. The van der Waals surface area contributed by atoms with Gasteiger partial charge in [-0.15, -0.1) is 0 Å². The Balaban J connectivity index is 1.61. The van der Waals surface area contributed by atoms with Gasteiger partial charge in [0.1, 0.15) is 5.82 Å². The van der Waals surface area contributed by atoms with E-state index < -0.39 is 0 Å². The van der Waals surface area contributed by atoms with Gasteiger partial charge in [-0.05, 0) is 91.9 Å². The van der Waals surface area contributed by atoms with Gasteiger partial charge in [-0.1, -0.05) is 12.1 Å². The average molecular weight is 496 g/mol. The molecule has 1 N–H and O–H groups in total. The van der Waals surface area contributed by atoms with Gasteiger partial charge in [0.25, 0.3) is 0 Å². The number of pyridine rings is 1. The summed E-state index contributed by atoms with van der Waals surface area (Å²) in [6, 6.07) is 23.1. The van der Waals surface area contributed by atoms with Crippen molar-refractivity contribution in [1.82, 2.24) is 14.5 Å². The van der Waals surface area contributed by atoms with E-state index in [4.69, 9.17) is 9.98 Å². The smallest absolute Gasteiger partial charge is 0.123 e. The number of rotatable bonds is 4. The number of halogens is 1. The molecule has 7 heteroatoms. The molecule has 0 saturated carbocycles. The summed E-state index contributed by atoms with van der Waals surface area (Å²) in [5.74, 6) is 2.01. The molecule has 0 amide bonds. The Morgan fingerprint density at radius 2 is 1.81 bits per heavy atom. The van der Waals surface area contributed by atoms with Gasteiger partial charge in [0.05, 0.1) is 51.4 Å². The highest BCUT2D eigenvalue weighted by Crippen LogP contribution is 2.31. The summed E-state index contributed by atoms with van der Waals surface area (Å²) in [5, 5.41) is 4.43. The molecule has 0 unspecified atom stereocenters. The van der Waals surface area contributed by atoms with Crippen LogP contribution in [0.4, 0.5) is 15.8 Å². The van der Waals surface area contributed by atoms with E-state index in [9.17, 15) is 4.39 Å². The Morgan fingerprint density at radius 3 is 2.58 bits per heavy atom. The van der Waals surface area contributed by atoms with Crippen molar-refractivity contribution < 1.29 is 4.39 Å². The number of nitrogens with one attached hydrogen (secondary N) is 1. The molecule has 1 aromatic heterocycles. The number of fused-ring (bicyclic) bond motifs is 2. The van der Waals surface area contributed by atoms with E-state index in [-0.39, 0.29) is 11.9 Å². The van der Waals surface area contributed by atoms with Crippen LogP contribution in [0, 0.1) is 12.7 Å². The minimum atomic E-state index is -0.258. The lowest BCUT2D eigenvalue weighted by Crippen LogP contribution is -2.20. The molecule has 1 aliphatic carbocycles. The number of benzene rings is 3. The number of aromatic nitrogens is 3. The van der Waals surface area contributed by atoms with Crippen LogP contribution < -0.4 is 10.7 Å². The molecule has 3 aromatic rings. The van der Waals surface area contributed by atoms with Crippen LogP contribution in [0.5, 0.6) is 0 Å². The molecule has 1 saturated heterocycles. The van der Waals surface area contributed by atoms with Crippen molar-refractivity contribution >= 4 is 34.2 Å². The molecule has 0 radical (unpaired) electrons. The third-order valence-corrected chi connectivity index (χ3v) is 7.53. The highest BCUT2D eigenvalue weighted by molar-refractivity contribution is 7.99. The maximum Gasteiger partial charge on any atom is 0.123 e. The Morgan fingerprint density at radius 1 is 1.00 bits per heavy atom. The summed E-state index contributed by atoms with van der Waals surface area (Å²) in [6.07, 6.45) is 3.98. The van der Waals surface area contributed by atoms with Crippen LogP contribution in [0.3, 0.4) is 0 Å². The van der Waals surface area contributed by atoms with Crippen LogP contribution in [0.25, 0.3) is 28.1 Å². The summed E-state index contributed by atoms with van der Waals surface area (Å²) in [4.78, 5) is 14.6. The predicted octanol–water partition coefficient (Wildman–Crippen LogP) is 6.51. The third kappa shape index (κ3) is 4.58. The molecule has 0 spiro atoms. The minimum absolute atomic E-state index is 0.258. The topological polar surface area (TPSA) is 55.1 Å². The van der Waals surface area contributed by atoms with Gasteiger partial charge < -0.3 is 9.88 Å². The number of hydrogen-bond acceptors (Lipinski definition) is 5. The zero-order valence-electron chi connectivity index (χ0n) is 20.0. The van der Waals surface area contributed by atoms with Gasteiger partial charge in [0.2, 0.25) is 0 Å². The molecule has 180 valence electrons. The number of anilines is 2. The summed E-state index contributed by atoms with van der Waals surface area (Å²) in [5.41, 5.74) is 7.24. The van der Waals surface area contributed by atoms with Crippen LogP contribution in [0.2, 0.25) is 0 Å². The van der Waals surface area contributed by atoms with Crippen LogP contribution in [0.1, 0.15) is 18.5 Å². The van der Waals surface area contributed by atoms with Crippen molar-refractivity contribution in [2.24, 2.45) is 4.99 Å². The molecule has 6 rings (SSSR count). The van der Waals surface area contributed by atoms with Gasteiger partial charge in [0.15, 0.2) is 0 Å². The van der Waals surface area contributed by atoms with Crippen molar-refractivity contribution in [3.63, 3.8) is 0 Å². The molecule has 2 aromatic carbocycles. The van der Waals surface area contributed by atoms with Gasteiger partial charge in [0, 0.05) is 11.4 Å². The molecule has 2 aliphatic heterocycles. The van der Waals surface area contributed by atoms with E-state index in [1.54, 1.807) is 12.1 Å². The molecule has 3 heterocycles. The first-order valence-electron chi connectivity index (χ1n) is 12.2. The quantitative estimate of drug-likeness (QED) is 0.289. The van der Waals surface area contributed by atoms with Gasteiger partial charge in [-0.25, -0.2) is 9.37 Å². The zero-order valence-corrected chi connectivity index (χ0v) is 20.8. The third-order valence-electron chi connectivity index (χ3n) is 6.48. The van der Waals surface area contributed by atoms with Gasteiger partial charge in [-0.2, -0.15) is 11.8 Å². The first kappa shape index (κ1) is 22.7. The lowest BCUT2D eigenvalue weighted by Gasteiger charge is -2.21. The fourth-order valence-corrected chi connectivity index (χ4v) is 5.71. The summed E-state index contributed by atoms with van der Waals surface area (Å²) >= 11 is 1.99. The summed E-state index contributed by atoms with van der Waals surface area (Å²) in [7, 11) is 0. The summed E-state index contributed by atoms with van der Waals surface area (Å²) < 4.78 is 15.9. The standard InChI is InChI=1S/C29H26FN5S/c1-19-6-9-22(18-31-19)33-25-16-27-29(17-26(25)32-21-12-14-36-15-13-21)35(23-10-7-20(30)8-11-23)28-5-3-2-4-24(28)34-27/h2-11,16-18,21,33H,12-15H2,1H3. The van der Waals surface area contributed by atoms with E-state index in [1.807, 2.05) is 61.3 Å². The zero-order chi connectivity index (χ0) is 24.5. The van der Waals surface area contributed by atoms with Gasteiger partial charge in [-0.3, -0.25) is 9.98 Å².